The van der Waals surface area contributed by atoms with Crippen LogP contribution < -0.4 is 5.73 Å². The summed E-state index contributed by atoms with van der Waals surface area (Å²) in [5, 5.41) is 13.1. The second-order valence-electron chi connectivity index (χ2n) is 4.46. The Morgan fingerprint density at radius 3 is 2.38 bits per heavy atom. The van der Waals surface area contributed by atoms with Gasteiger partial charge in [-0.3, -0.25) is 4.68 Å². The summed E-state index contributed by atoms with van der Waals surface area (Å²) in [6, 6.07) is 7.13. The minimum absolute atomic E-state index is 0.483. The zero-order valence-corrected chi connectivity index (χ0v) is 12.6. The minimum Gasteiger partial charge on any atom is -0.383 e. The van der Waals surface area contributed by atoms with E-state index < -0.39 is 0 Å². The van der Waals surface area contributed by atoms with Crippen LogP contribution in [0.25, 0.3) is 22.4 Å². The summed E-state index contributed by atoms with van der Waals surface area (Å²) in [6.07, 6.45) is 3.22. The number of hydrogen-bond acceptors (Lipinski definition) is 4. The van der Waals surface area contributed by atoms with Gasteiger partial charge in [0.25, 0.3) is 0 Å². The van der Waals surface area contributed by atoms with Crippen LogP contribution >= 0.6 is 23.2 Å². The van der Waals surface area contributed by atoms with Gasteiger partial charge in [-0.05, 0) is 18.2 Å². The molecule has 2 heterocycles. The predicted octanol–water partition coefficient (Wildman–Crippen LogP) is 3.43. The average molecular weight is 320 g/mol. The number of nitrogens with two attached hydrogens (primary N) is 1. The molecule has 7 heteroatoms. The Morgan fingerprint density at radius 2 is 1.76 bits per heavy atom. The third kappa shape index (κ3) is 2.34. The lowest BCUT2D eigenvalue weighted by atomic mass is 10.0. The highest BCUT2D eigenvalue weighted by atomic mass is 35.5. The fourth-order valence-electron chi connectivity index (χ4n) is 2.15. The Kier molecular flexibility index (Phi) is 3.53. The van der Waals surface area contributed by atoms with Crippen LogP contribution in [0.2, 0.25) is 10.0 Å². The van der Waals surface area contributed by atoms with E-state index in [1.807, 2.05) is 6.07 Å². The van der Waals surface area contributed by atoms with Crippen molar-refractivity contribution in [2.24, 2.45) is 7.05 Å². The Morgan fingerprint density at radius 1 is 1.05 bits per heavy atom. The number of benzene rings is 1. The summed E-state index contributed by atoms with van der Waals surface area (Å²) in [6.45, 7) is 0. The highest BCUT2D eigenvalue weighted by Gasteiger charge is 2.21. The predicted molar refractivity (Wildman–Crippen MR) is 84.1 cm³/mol. The minimum atomic E-state index is 0.483. The molecule has 0 bridgehead atoms. The molecule has 0 aliphatic rings. The number of aryl methyl sites for hydroxylation is 1. The van der Waals surface area contributed by atoms with Crippen LogP contribution in [0.3, 0.4) is 0 Å². The zero-order valence-electron chi connectivity index (χ0n) is 11.1. The topological polar surface area (TPSA) is 69.6 Å². The molecule has 2 aromatic heterocycles. The summed E-state index contributed by atoms with van der Waals surface area (Å²) in [5.74, 6) is 0.483. The van der Waals surface area contributed by atoms with Crippen LogP contribution in [0.1, 0.15) is 0 Å². The van der Waals surface area contributed by atoms with E-state index in [1.54, 1.807) is 42.3 Å². The lowest BCUT2D eigenvalue weighted by molar-refractivity contribution is 0.782. The molecule has 0 amide bonds. The number of nitrogen functional groups attached to an aromatic ring is 1. The van der Waals surface area contributed by atoms with Gasteiger partial charge in [-0.2, -0.15) is 15.3 Å². The van der Waals surface area contributed by atoms with Crippen LogP contribution in [0, 0.1) is 0 Å². The highest BCUT2D eigenvalue weighted by Crippen LogP contribution is 2.42. The average Bonchev–Trinajstić information content (AvgIpc) is 2.77. The number of hydrogen-bond donors (Lipinski definition) is 1. The third-order valence-electron chi connectivity index (χ3n) is 3.16. The molecule has 0 unspecified atom stereocenters. The van der Waals surface area contributed by atoms with Crippen molar-refractivity contribution in [2.45, 2.75) is 0 Å². The third-order valence-corrected chi connectivity index (χ3v) is 3.79. The molecule has 2 N–H and O–H groups in total. The van der Waals surface area contributed by atoms with Crippen LogP contribution in [0.15, 0.2) is 36.7 Å². The highest BCUT2D eigenvalue weighted by molar-refractivity contribution is 6.39. The number of rotatable bonds is 2. The molecule has 5 nitrogen and oxygen atoms in total. The van der Waals surface area contributed by atoms with Crippen molar-refractivity contribution in [1.29, 1.82) is 0 Å². The van der Waals surface area contributed by atoms with Gasteiger partial charge in [0.1, 0.15) is 11.5 Å². The van der Waals surface area contributed by atoms with Gasteiger partial charge in [0, 0.05) is 18.2 Å². The zero-order chi connectivity index (χ0) is 15.0. The van der Waals surface area contributed by atoms with E-state index in [1.165, 1.54) is 0 Å². The van der Waals surface area contributed by atoms with Crippen molar-refractivity contribution in [2.75, 3.05) is 5.73 Å². The van der Waals surface area contributed by atoms with Crippen molar-refractivity contribution in [3.63, 3.8) is 0 Å². The summed E-state index contributed by atoms with van der Waals surface area (Å²) >= 11 is 12.6. The SMILES string of the molecule is Cn1nc(-c2ccnnc2)c(-c2c(Cl)cccc2Cl)c1N. The van der Waals surface area contributed by atoms with E-state index in [0.29, 0.717) is 32.7 Å². The molecule has 3 aromatic rings. The largest absolute Gasteiger partial charge is 0.383 e. The maximum Gasteiger partial charge on any atom is 0.130 e. The van der Waals surface area contributed by atoms with Gasteiger partial charge in [-0.15, -0.1) is 0 Å². The molecule has 106 valence electrons. The monoisotopic (exact) mass is 319 g/mol. The number of anilines is 1. The number of nitrogens with zero attached hydrogens (tertiary/aromatic N) is 4. The van der Waals surface area contributed by atoms with Crippen molar-refractivity contribution >= 4 is 29.0 Å². The quantitative estimate of drug-likeness (QED) is 0.785. The molecule has 0 spiro atoms. The van der Waals surface area contributed by atoms with E-state index in [2.05, 4.69) is 15.3 Å². The van der Waals surface area contributed by atoms with E-state index in [-0.39, 0.29) is 0 Å². The molecule has 1 aromatic carbocycles. The number of halogens is 2. The molecule has 0 atom stereocenters. The Labute approximate surface area is 131 Å². The lowest BCUT2D eigenvalue weighted by Crippen LogP contribution is -1.98. The first-order valence-corrected chi connectivity index (χ1v) is 6.89. The normalized spacial score (nSPS) is 10.8. The molecule has 0 saturated carbocycles. The van der Waals surface area contributed by atoms with Crippen molar-refractivity contribution < 1.29 is 0 Å². The summed E-state index contributed by atoms with van der Waals surface area (Å²) in [5.41, 5.74) is 8.98. The standard InChI is InChI=1S/C14H11Cl2N5/c1-21-14(17)12(11-9(15)3-2-4-10(11)16)13(20-21)8-5-6-18-19-7-8/h2-7H,17H2,1H3. The fourth-order valence-corrected chi connectivity index (χ4v) is 2.74. The van der Waals surface area contributed by atoms with Gasteiger partial charge in [-0.1, -0.05) is 29.3 Å². The summed E-state index contributed by atoms with van der Waals surface area (Å²) in [4.78, 5) is 0. The molecule has 0 radical (unpaired) electrons. The van der Waals surface area contributed by atoms with Gasteiger partial charge in [0.2, 0.25) is 0 Å². The molecule has 3 rings (SSSR count). The molecule has 0 aliphatic heterocycles. The van der Waals surface area contributed by atoms with Gasteiger partial charge < -0.3 is 5.73 Å². The van der Waals surface area contributed by atoms with Gasteiger partial charge in [0.15, 0.2) is 0 Å². The molecule has 21 heavy (non-hydrogen) atoms. The van der Waals surface area contributed by atoms with Crippen molar-refractivity contribution in [3.05, 3.63) is 46.7 Å². The molecular weight excluding hydrogens is 309 g/mol. The Bertz CT molecular complexity index is 778. The van der Waals surface area contributed by atoms with Crippen LogP contribution in [-0.2, 0) is 7.05 Å². The molecular formula is C14H11Cl2N5. The maximum atomic E-state index is 6.30. The van der Waals surface area contributed by atoms with E-state index >= 15 is 0 Å². The molecule has 0 aliphatic carbocycles. The van der Waals surface area contributed by atoms with Crippen LogP contribution in [-0.4, -0.2) is 20.0 Å². The first-order chi connectivity index (χ1) is 10.1. The second kappa shape index (κ2) is 5.35. The van der Waals surface area contributed by atoms with Gasteiger partial charge >= 0.3 is 0 Å². The van der Waals surface area contributed by atoms with Gasteiger partial charge in [-0.25, -0.2) is 0 Å². The Hall–Kier alpha value is -2.11. The lowest BCUT2D eigenvalue weighted by Gasteiger charge is -2.08. The number of aromatic nitrogens is 4. The smallest absolute Gasteiger partial charge is 0.130 e. The molecule has 0 fully saturated rings. The van der Waals surface area contributed by atoms with Gasteiger partial charge in [0.05, 0.1) is 28.0 Å². The second-order valence-corrected chi connectivity index (χ2v) is 5.27. The van der Waals surface area contributed by atoms with E-state index in [9.17, 15) is 0 Å². The molecule has 0 saturated heterocycles. The first-order valence-electron chi connectivity index (χ1n) is 6.13. The maximum absolute atomic E-state index is 6.30. The summed E-state index contributed by atoms with van der Waals surface area (Å²) < 4.78 is 1.59. The van der Waals surface area contributed by atoms with Crippen molar-refractivity contribution in [1.82, 2.24) is 20.0 Å². The Balaban J connectivity index is 2.33. The summed E-state index contributed by atoms with van der Waals surface area (Å²) in [7, 11) is 1.77. The van der Waals surface area contributed by atoms with Crippen LogP contribution in [0.5, 0.6) is 0 Å². The van der Waals surface area contributed by atoms with Crippen molar-refractivity contribution in [3.8, 4) is 22.4 Å². The van der Waals surface area contributed by atoms with Crippen LogP contribution in [0.4, 0.5) is 5.82 Å². The fraction of sp³-hybridized carbons (Fsp3) is 0.0714. The first kappa shape index (κ1) is 13.9. The van der Waals surface area contributed by atoms with E-state index in [0.717, 1.165) is 5.56 Å². The van der Waals surface area contributed by atoms with E-state index in [4.69, 9.17) is 28.9 Å².